The molecule has 1 atom stereocenters. The van der Waals surface area contributed by atoms with Crippen molar-refractivity contribution in [1.29, 1.82) is 0 Å². The summed E-state index contributed by atoms with van der Waals surface area (Å²) < 4.78 is 32.2. The Balaban J connectivity index is 1.53. The second kappa shape index (κ2) is 6.76. The van der Waals surface area contributed by atoms with Gasteiger partial charge in [-0.3, -0.25) is 0 Å². The van der Waals surface area contributed by atoms with Crippen molar-refractivity contribution in [1.82, 2.24) is 14.7 Å². The summed E-state index contributed by atoms with van der Waals surface area (Å²) in [5.74, 6) is 0.270. The minimum absolute atomic E-state index is 0.114. The van der Waals surface area contributed by atoms with Gasteiger partial charge in [-0.2, -0.15) is 0 Å². The molecule has 2 N–H and O–H groups in total. The number of nitrogens with zero attached hydrogens (tertiary/aromatic N) is 1. The van der Waals surface area contributed by atoms with Gasteiger partial charge in [0.15, 0.2) is 0 Å². The molecule has 0 aromatic carbocycles. The maximum absolute atomic E-state index is 12.1. The van der Waals surface area contributed by atoms with Crippen LogP contribution in [0, 0.1) is 5.92 Å². The van der Waals surface area contributed by atoms with Crippen LogP contribution < -0.4 is 4.72 Å². The predicted molar refractivity (Wildman–Crippen MR) is 85.1 cm³/mol. The van der Waals surface area contributed by atoms with E-state index in [1.165, 1.54) is 0 Å². The SMILES string of the molecule is O=S(=O)(CC1CCCOC1)NCCc1c[nH]c2ncccc12. The molecule has 0 amide bonds. The van der Waals surface area contributed by atoms with Crippen LogP contribution in [-0.4, -0.2) is 43.9 Å². The van der Waals surface area contributed by atoms with Crippen molar-refractivity contribution in [2.75, 3.05) is 25.5 Å². The summed E-state index contributed by atoms with van der Waals surface area (Å²) in [6.07, 6.45) is 6.14. The molecular weight excluding hydrogens is 302 g/mol. The summed E-state index contributed by atoms with van der Waals surface area (Å²) in [7, 11) is -3.24. The van der Waals surface area contributed by atoms with Gasteiger partial charge in [-0.1, -0.05) is 0 Å². The van der Waals surface area contributed by atoms with Crippen molar-refractivity contribution in [3.8, 4) is 0 Å². The molecule has 2 aromatic heterocycles. The molecule has 1 saturated heterocycles. The van der Waals surface area contributed by atoms with E-state index in [9.17, 15) is 8.42 Å². The van der Waals surface area contributed by atoms with Crippen molar-refractivity contribution in [2.45, 2.75) is 19.3 Å². The molecule has 3 rings (SSSR count). The fraction of sp³-hybridized carbons (Fsp3) is 0.533. The Labute approximate surface area is 130 Å². The van der Waals surface area contributed by atoms with Crippen molar-refractivity contribution < 1.29 is 13.2 Å². The van der Waals surface area contributed by atoms with Gasteiger partial charge in [0.25, 0.3) is 0 Å². The Morgan fingerprint density at radius 1 is 1.45 bits per heavy atom. The summed E-state index contributed by atoms with van der Waals surface area (Å²) in [4.78, 5) is 7.32. The largest absolute Gasteiger partial charge is 0.381 e. The Morgan fingerprint density at radius 2 is 2.36 bits per heavy atom. The lowest BCUT2D eigenvalue weighted by molar-refractivity contribution is 0.0625. The lowest BCUT2D eigenvalue weighted by Gasteiger charge is -2.21. The molecule has 1 unspecified atom stereocenters. The van der Waals surface area contributed by atoms with Crippen LogP contribution in [0.25, 0.3) is 11.0 Å². The third kappa shape index (κ3) is 3.85. The first-order valence-corrected chi connectivity index (χ1v) is 9.25. The van der Waals surface area contributed by atoms with Crippen molar-refractivity contribution in [3.05, 3.63) is 30.1 Å². The van der Waals surface area contributed by atoms with Gasteiger partial charge in [-0.05, 0) is 42.9 Å². The average Bonchev–Trinajstić information content (AvgIpc) is 2.91. The highest BCUT2D eigenvalue weighted by Gasteiger charge is 2.21. The minimum atomic E-state index is -3.24. The monoisotopic (exact) mass is 323 g/mol. The number of aromatic nitrogens is 2. The van der Waals surface area contributed by atoms with E-state index in [0.29, 0.717) is 19.6 Å². The summed E-state index contributed by atoms with van der Waals surface area (Å²) in [5, 5.41) is 1.04. The quantitative estimate of drug-likeness (QED) is 0.843. The highest BCUT2D eigenvalue weighted by atomic mass is 32.2. The van der Waals surface area contributed by atoms with Crippen molar-refractivity contribution >= 4 is 21.1 Å². The molecule has 1 aliphatic heterocycles. The zero-order valence-corrected chi connectivity index (χ0v) is 13.2. The smallest absolute Gasteiger partial charge is 0.211 e. The number of pyridine rings is 1. The molecule has 0 radical (unpaired) electrons. The molecule has 0 saturated carbocycles. The Bertz CT molecular complexity index is 720. The third-order valence-corrected chi connectivity index (χ3v) is 5.52. The Hall–Kier alpha value is -1.44. The van der Waals surface area contributed by atoms with E-state index < -0.39 is 10.0 Å². The van der Waals surface area contributed by atoms with Gasteiger partial charge in [0.05, 0.1) is 12.4 Å². The second-order valence-electron chi connectivity index (χ2n) is 5.72. The summed E-state index contributed by atoms with van der Waals surface area (Å²) >= 11 is 0. The van der Waals surface area contributed by atoms with Gasteiger partial charge < -0.3 is 9.72 Å². The Morgan fingerprint density at radius 3 is 3.18 bits per heavy atom. The second-order valence-corrected chi connectivity index (χ2v) is 7.57. The number of ether oxygens (including phenoxy) is 1. The van der Waals surface area contributed by atoms with Gasteiger partial charge in [-0.15, -0.1) is 0 Å². The molecule has 7 heteroatoms. The number of H-pyrrole nitrogens is 1. The van der Waals surface area contributed by atoms with Gasteiger partial charge in [-0.25, -0.2) is 18.1 Å². The zero-order valence-electron chi connectivity index (χ0n) is 12.4. The van der Waals surface area contributed by atoms with Crippen molar-refractivity contribution in [3.63, 3.8) is 0 Å². The number of sulfonamides is 1. The van der Waals surface area contributed by atoms with Crippen LogP contribution in [0.5, 0.6) is 0 Å². The molecule has 2 aromatic rings. The summed E-state index contributed by atoms with van der Waals surface area (Å²) in [6.45, 7) is 1.70. The molecule has 0 spiro atoms. The number of hydrogen-bond acceptors (Lipinski definition) is 4. The lowest BCUT2D eigenvalue weighted by atomic mass is 10.1. The van der Waals surface area contributed by atoms with Crippen LogP contribution in [-0.2, 0) is 21.2 Å². The van der Waals surface area contributed by atoms with E-state index in [1.807, 2.05) is 18.3 Å². The molecule has 1 aliphatic rings. The van der Waals surface area contributed by atoms with Crippen LogP contribution >= 0.6 is 0 Å². The molecule has 1 fully saturated rings. The predicted octanol–water partition coefficient (Wildman–Crippen LogP) is 1.45. The van der Waals surface area contributed by atoms with Gasteiger partial charge in [0.1, 0.15) is 5.65 Å². The first kappa shape index (κ1) is 15.5. The molecular formula is C15H21N3O3S. The Kier molecular flexibility index (Phi) is 4.75. The summed E-state index contributed by atoms with van der Waals surface area (Å²) in [6, 6.07) is 3.87. The topological polar surface area (TPSA) is 84.1 Å². The number of rotatable bonds is 6. The summed E-state index contributed by atoms with van der Waals surface area (Å²) in [5.41, 5.74) is 1.91. The lowest BCUT2D eigenvalue weighted by Crippen LogP contribution is -2.34. The molecule has 0 aliphatic carbocycles. The maximum Gasteiger partial charge on any atom is 0.211 e. The van der Waals surface area contributed by atoms with E-state index in [4.69, 9.17) is 4.74 Å². The first-order valence-electron chi connectivity index (χ1n) is 7.60. The number of fused-ring (bicyclic) bond motifs is 1. The minimum Gasteiger partial charge on any atom is -0.381 e. The third-order valence-electron chi connectivity index (χ3n) is 3.96. The standard InChI is InChI=1S/C15H21N3O3S/c19-22(20,11-12-3-2-8-21-10-12)18-7-5-13-9-17-15-14(13)4-1-6-16-15/h1,4,6,9,12,18H,2-3,5,7-8,10-11H2,(H,16,17). The number of aromatic amines is 1. The number of hydrogen-bond donors (Lipinski definition) is 2. The molecule has 120 valence electrons. The molecule has 22 heavy (non-hydrogen) atoms. The van der Waals surface area contributed by atoms with Crippen molar-refractivity contribution in [2.24, 2.45) is 5.92 Å². The maximum atomic E-state index is 12.1. The first-order chi connectivity index (χ1) is 10.6. The van der Waals surface area contributed by atoms with Crippen LogP contribution in [0.2, 0.25) is 0 Å². The van der Waals surface area contributed by atoms with E-state index in [1.54, 1.807) is 6.20 Å². The van der Waals surface area contributed by atoms with Gasteiger partial charge in [0.2, 0.25) is 10.0 Å². The zero-order chi connectivity index (χ0) is 15.4. The van der Waals surface area contributed by atoms with E-state index >= 15 is 0 Å². The highest BCUT2D eigenvalue weighted by Crippen LogP contribution is 2.17. The van der Waals surface area contributed by atoms with Gasteiger partial charge in [0, 0.05) is 30.9 Å². The normalized spacial score (nSPS) is 19.5. The fourth-order valence-corrected chi connectivity index (χ4v) is 4.28. The van der Waals surface area contributed by atoms with E-state index in [0.717, 1.165) is 36.0 Å². The van der Waals surface area contributed by atoms with Crippen LogP contribution in [0.3, 0.4) is 0 Å². The number of nitrogens with one attached hydrogen (secondary N) is 2. The van der Waals surface area contributed by atoms with Crippen LogP contribution in [0.4, 0.5) is 0 Å². The van der Waals surface area contributed by atoms with Crippen LogP contribution in [0.15, 0.2) is 24.5 Å². The van der Waals surface area contributed by atoms with Gasteiger partial charge >= 0.3 is 0 Å². The van der Waals surface area contributed by atoms with E-state index in [2.05, 4.69) is 14.7 Å². The molecule has 0 bridgehead atoms. The molecule has 3 heterocycles. The van der Waals surface area contributed by atoms with E-state index in [-0.39, 0.29) is 11.7 Å². The fourth-order valence-electron chi connectivity index (χ4n) is 2.87. The highest BCUT2D eigenvalue weighted by molar-refractivity contribution is 7.89. The van der Waals surface area contributed by atoms with Crippen LogP contribution in [0.1, 0.15) is 18.4 Å². The average molecular weight is 323 g/mol. The molecule has 6 nitrogen and oxygen atoms in total.